The molecule has 0 bridgehead atoms. The van der Waals surface area contributed by atoms with Gasteiger partial charge in [-0.25, -0.2) is 0 Å². The van der Waals surface area contributed by atoms with Gasteiger partial charge in [-0.2, -0.15) is 11.8 Å². The Hall–Kier alpha value is 0.310. The summed E-state index contributed by atoms with van der Waals surface area (Å²) in [5.74, 6) is 5.43. The molecule has 1 N–H and O–H groups in total. The van der Waals surface area contributed by atoms with E-state index < -0.39 is 0 Å². The molecule has 1 heterocycles. The number of rotatable bonds is 3. The van der Waals surface area contributed by atoms with Gasteiger partial charge in [0, 0.05) is 12.1 Å². The quantitative estimate of drug-likeness (QED) is 0.820. The van der Waals surface area contributed by atoms with Crippen LogP contribution in [-0.2, 0) is 0 Å². The van der Waals surface area contributed by atoms with Crippen LogP contribution in [0.5, 0.6) is 0 Å². The fraction of sp³-hybridized carbons (Fsp3) is 1.00. The normalized spacial score (nSPS) is 36.4. The average molecular weight is 255 g/mol. The third-order valence-corrected chi connectivity index (χ3v) is 5.74. The molecule has 3 unspecified atom stereocenters. The maximum Gasteiger partial charge on any atom is 0.0103 e. The highest BCUT2D eigenvalue weighted by Gasteiger charge is 2.32. The second kappa shape index (κ2) is 6.47. The van der Waals surface area contributed by atoms with Crippen LogP contribution in [-0.4, -0.2) is 23.6 Å². The zero-order valence-electron chi connectivity index (χ0n) is 11.7. The van der Waals surface area contributed by atoms with E-state index in [1.54, 1.807) is 0 Å². The van der Waals surface area contributed by atoms with Crippen molar-refractivity contribution in [3.05, 3.63) is 0 Å². The molecule has 2 fully saturated rings. The predicted octanol–water partition coefficient (Wildman–Crippen LogP) is 3.93. The molecule has 2 heteroatoms. The first-order chi connectivity index (χ1) is 8.16. The van der Waals surface area contributed by atoms with Gasteiger partial charge < -0.3 is 5.32 Å². The van der Waals surface area contributed by atoms with Gasteiger partial charge in [-0.3, -0.25) is 0 Å². The predicted molar refractivity (Wildman–Crippen MR) is 78.6 cm³/mol. The molecule has 0 spiro atoms. The van der Waals surface area contributed by atoms with E-state index in [4.69, 9.17) is 0 Å². The van der Waals surface area contributed by atoms with Crippen molar-refractivity contribution in [3.8, 4) is 0 Å². The van der Waals surface area contributed by atoms with E-state index in [9.17, 15) is 0 Å². The summed E-state index contributed by atoms with van der Waals surface area (Å²) in [6.45, 7) is 7.25. The molecule has 2 aliphatic rings. The van der Waals surface area contributed by atoms with Crippen LogP contribution < -0.4 is 5.32 Å². The van der Waals surface area contributed by atoms with Gasteiger partial charge in [-0.1, -0.05) is 27.2 Å². The third-order valence-electron chi connectivity index (χ3n) is 4.69. The molecule has 1 aliphatic heterocycles. The lowest BCUT2D eigenvalue weighted by atomic mass is 9.73. The summed E-state index contributed by atoms with van der Waals surface area (Å²) >= 11 is 2.13. The Bertz CT molecular complexity index is 223. The average Bonchev–Trinajstić information content (AvgIpc) is 2.30. The van der Waals surface area contributed by atoms with Crippen LogP contribution in [0.25, 0.3) is 0 Å². The van der Waals surface area contributed by atoms with Crippen LogP contribution in [0, 0.1) is 17.8 Å². The molecule has 3 atom stereocenters. The van der Waals surface area contributed by atoms with Gasteiger partial charge in [0.2, 0.25) is 0 Å². The van der Waals surface area contributed by atoms with Crippen LogP contribution in [0.1, 0.15) is 52.9 Å². The molecule has 0 aromatic heterocycles. The van der Waals surface area contributed by atoms with E-state index in [1.165, 1.54) is 43.6 Å². The van der Waals surface area contributed by atoms with Crippen molar-refractivity contribution in [2.24, 2.45) is 17.8 Å². The number of nitrogens with one attached hydrogen (secondary N) is 1. The summed E-state index contributed by atoms with van der Waals surface area (Å²) in [6.07, 6.45) is 7.08. The SMILES string of the molecule is CC1CCC(C(C)C)C(NC2CCSCC2)C1. The fourth-order valence-corrected chi connectivity index (χ4v) is 4.67. The molecule has 1 nitrogen and oxygen atoms in total. The van der Waals surface area contributed by atoms with Crippen molar-refractivity contribution in [1.29, 1.82) is 0 Å². The van der Waals surface area contributed by atoms with Crippen molar-refractivity contribution in [3.63, 3.8) is 0 Å². The summed E-state index contributed by atoms with van der Waals surface area (Å²) in [6, 6.07) is 1.61. The molecule has 1 saturated carbocycles. The van der Waals surface area contributed by atoms with Gasteiger partial charge in [-0.05, 0) is 54.9 Å². The van der Waals surface area contributed by atoms with E-state index in [1.807, 2.05) is 0 Å². The largest absolute Gasteiger partial charge is 0.311 e. The molecule has 0 radical (unpaired) electrons. The Balaban J connectivity index is 1.89. The third kappa shape index (κ3) is 3.89. The summed E-state index contributed by atoms with van der Waals surface area (Å²) in [4.78, 5) is 0. The second-order valence-corrected chi connectivity index (χ2v) is 7.71. The number of hydrogen-bond acceptors (Lipinski definition) is 2. The van der Waals surface area contributed by atoms with Gasteiger partial charge in [-0.15, -0.1) is 0 Å². The highest BCUT2D eigenvalue weighted by atomic mass is 32.2. The number of hydrogen-bond donors (Lipinski definition) is 1. The minimum absolute atomic E-state index is 0.798. The highest BCUT2D eigenvalue weighted by molar-refractivity contribution is 7.99. The first-order valence-corrected chi connectivity index (χ1v) is 8.66. The molecular formula is C15H29NS. The molecule has 0 aromatic carbocycles. The zero-order valence-corrected chi connectivity index (χ0v) is 12.6. The number of thioether (sulfide) groups is 1. The Morgan fingerprint density at radius 3 is 2.41 bits per heavy atom. The first-order valence-electron chi connectivity index (χ1n) is 7.50. The second-order valence-electron chi connectivity index (χ2n) is 6.49. The minimum Gasteiger partial charge on any atom is -0.311 e. The molecule has 17 heavy (non-hydrogen) atoms. The highest BCUT2D eigenvalue weighted by Crippen LogP contribution is 2.34. The topological polar surface area (TPSA) is 12.0 Å². The van der Waals surface area contributed by atoms with Crippen LogP contribution >= 0.6 is 11.8 Å². The summed E-state index contributed by atoms with van der Waals surface area (Å²) < 4.78 is 0. The smallest absolute Gasteiger partial charge is 0.0103 e. The van der Waals surface area contributed by atoms with Crippen molar-refractivity contribution in [2.75, 3.05) is 11.5 Å². The van der Waals surface area contributed by atoms with Gasteiger partial charge in [0.05, 0.1) is 0 Å². The Kier molecular flexibility index (Phi) is 5.23. The van der Waals surface area contributed by atoms with Crippen LogP contribution in [0.4, 0.5) is 0 Å². The van der Waals surface area contributed by atoms with Crippen molar-refractivity contribution in [2.45, 2.75) is 65.0 Å². The fourth-order valence-electron chi connectivity index (χ4n) is 3.56. The van der Waals surface area contributed by atoms with Gasteiger partial charge >= 0.3 is 0 Å². The maximum atomic E-state index is 4.01. The van der Waals surface area contributed by atoms with E-state index >= 15 is 0 Å². The van der Waals surface area contributed by atoms with Crippen molar-refractivity contribution < 1.29 is 0 Å². The van der Waals surface area contributed by atoms with Gasteiger partial charge in [0.15, 0.2) is 0 Å². The lowest BCUT2D eigenvalue weighted by molar-refractivity contribution is 0.157. The van der Waals surface area contributed by atoms with Gasteiger partial charge in [0.25, 0.3) is 0 Å². The van der Waals surface area contributed by atoms with Crippen LogP contribution in [0.15, 0.2) is 0 Å². The molecule has 0 amide bonds. The molecule has 2 rings (SSSR count). The minimum atomic E-state index is 0.798. The van der Waals surface area contributed by atoms with Crippen LogP contribution in [0.3, 0.4) is 0 Å². The first kappa shape index (κ1) is 13.7. The lowest BCUT2D eigenvalue weighted by Crippen LogP contribution is -2.48. The van der Waals surface area contributed by atoms with Gasteiger partial charge in [0.1, 0.15) is 0 Å². The van der Waals surface area contributed by atoms with E-state index in [2.05, 4.69) is 37.8 Å². The molecular weight excluding hydrogens is 226 g/mol. The summed E-state index contributed by atoms with van der Waals surface area (Å²) in [5.41, 5.74) is 0. The monoisotopic (exact) mass is 255 g/mol. The maximum absolute atomic E-state index is 4.01. The van der Waals surface area contributed by atoms with Crippen LogP contribution in [0.2, 0.25) is 0 Å². The van der Waals surface area contributed by atoms with E-state index in [0.29, 0.717) is 0 Å². The van der Waals surface area contributed by atoms with Crippen molar-refractivity contribution in [1.82, 2.24) is 5.32 Å². The molecule has 0 aromatic rings. The van der Waals surface area contributed by atoms with Crippen molar-refractivity contribution >= 4 is 11.8 Å². The standard InChI is InChI=1S/C15H29NS/c1-11(2)14-5-4-12(3)10-15(14)16-13-6-8-17-9-7-13/h11-16H,4-10H2,1-3H3. The van der Waals surface area contributed by atoms with E-state index in [0.717, 1.165) is 29.8 Å². The molecule has 1 saturated heterocycles. The Morgan fingerprint density at radius 2 is 1.76 bits per heavy atom. The Labute approximate surface area is 112 Å². The van der Waals surface area contributed by atoms with E-state index in [-0.39, 0.29) is 0 Å². The molecule has 1 aliphatic carbocycles. The Morgan fingerprint density at radius 1 is 1.06 bits per heavy atom. The summed E-state index contributed by atoms with van der Waals surface area (Å²) in [7, 11) is 0. The zero-order chi connectivity index (χ0) is 12.3. The summed E-state index contributed by atoms with van der Waals surface area (Å²) in [5, 5.41) is 4.01. The molecule has 100 valence electrons. The lowest BCUT2D eigenvalue weighted by Gasteiger charge is -2.40.